The van der Waals surface area contributed by atoms with E-state index in [9.17, 15) is 9.59 Å². The minimum atomic E-state index is -0.892. The zero-order valence-electron chi connectivity index (χ0n) is 15.9. The fourth-order valence-electron chi connectivity index (χ4n) is 3.73. The van der Waals surface area contributed by atoms with E-state index >= 15 is 0 Å². The van der Waals surface area contributed by atoms with E-state index in [-0.39, 0.29) is 17.9 Å². The highest BCUT2D eigenvalue weighted by Crippen LogP contribution is 2.47. The van der Waals surface area contributed by atoms with Crippen molar-refractivity contribution in [3.05, 3.63) is 54.6 Å². The van der Waals surface area contributed by atoms with Gasteiger partial charge in [0.25, 0.3) is 0 Å². The number of anilines is 1. The van der Waals surface area contributed by atoms with Crippen LogP contribution in [0.3, 0.4) is 0 Å². The van der Waals surface area contributed by atoms with Crippen LogP contribution in [0.5, 0.6) is 11.5 Å². The Kier molecular flexibility index (Phi) is 5.33. The normalized spacial score (nSPS) is 18.1. The minimum Gasteiger partial charge on any atom is -0.457 e. The molecular weight excluding hydrogens is 352 g/mol. The molecule has 0 aliphatic heterocycles. The number of ether oxygens (including phenoxy) is 1. The molecule has 0 atom stereocenters. The monoisotopic (exact) mass is 378 g/mol. The van der Waals surface area contributed by atoms with Crippen LogP contribution in [-0.2, 0) is 9.59 Å². The molecule has 0 saturated heterocycles. The van der Waals surface area contributed by atoms with Crippen molar-refractivity contribution in [2.75, 3.05) is 5.32 Å². The summed E-state index contributed by atoms with van der Waals surface area (Å²) in [6.45, 7) is 0. The third-order valence-electron chi connectivity index (χ3n) is 5.65. The molecule has 2 saturated carbocycles. The summed E-state index contributed by atoms with van der Waals surface area (Å²) in [7, 11) is 0. The van der Waals surface area contributed by atoms with Crippen molar-refractivity contribution in [3.63, 3.8) is 0 Å². The first-order valence-electron chi connectivity index (χ1n) is 10.1. The average molecular weight is 378 g/mol. The molecule has 2 fully saturated rings. The minimum absolute atomic E-state index is 0.110. The molecule has 2 aromatic rings. The van der Waals surface area contributed by atoms with Gasteiger partial charge in [-0.1, -0.05) is 37.5 Å². The van der Waals surface area contributed by atoms with Crippen molar-refractivity contribution in [1.29, 1.82) is 0 Å². The van der Waals surface area contributed by atoms with E-state index in [1.807, 2.05) is 42.5 Å². The second-order valence-electron chi connectivity index (χ2n) is 7.78. The summed E-state index contributed by atoms with van der Waals surface area (Å²) in [4.78, 5) is 25.4. The molecule has 0 unspecified atom stereocenters. The van der Waals surface area contributed by atoms with Crippen LogP contribution in [0.15, 0.2) is 54.6 Å². The highest BCUT2D eigenvalue weighted by Gasteiger charge is 2.56. The van der Waals surface area contributed by atoms with Gasteiger partial charge in [0.2, 0.25) is 11.8 Å². The number of hydrogen-bond acceptors (Lipinski definition) is 3. The molecule has 2 aliphatic rings. The Morgan fingerprint density at radius 2 is 1.46 bits per heavy atom. The fraction of sp³-hybridized carbons (Fsp3) is 0.391. The topological polar surface area (TPSA) is 67.4 Å². The van der Waals surface area contributed by atoms with Crippen LogP contribution < -0.4 is 15.4 Å². The quantitative estimate of drug-likeness (QED) is 0.719. The van der Waals surface area contributed by atoms with Gasteiger partial charge in [-0.25, -0.2) is 0 Å². The molecule has 28 heavy (non-hydrogen) atoms. The number of hydrogen-bond donors (Lipinski definition) is 2. The number of carbonyl (C=O) groups is 2. The predicted octanol–water partition coefficient (Wildman–Crippen LogP) is 4.65. The molecule has 2 aliphatic carbocycles. The third kappa shape index (κ3) is 4.19. The fourth-order valence-corrected chi connectivity index (χ4v) is 3.73. The van der Waals surface area contributed by atoms with E-state index in [0.29, 0.717) is 24.3 Å². The molecule has 5 heteroatoms. The van der Waals surface area contributed by atoms with Gasteiger partial charge < -0.3 is 15.4 Å². The second kappa shape index (κ2) is 8.05. The number of rotatable bonds is 6. The summed E-state index contributed by atoms with van der Waals surface area (Å²) in [6, 6.07) is 17.0. The number of amides is 2. The van der Waals surface area contributed by atoms with Crippen molar-refractivity contribution in [2.24, 2.45) is 5.41 Å². The Bertz CT molecular complexity index is 823. The van der Waals surface area contributed by atoms with E-state index in [4.69, 9.17) is 4.74 Å². The van der Waals surface area contributed by atoms with E-state index in [1.165, 1.54) is 6.42 Å². The Hall–Kier alpha value is -2.82. The summed E-state index contributed by atoms with van der Waals surface area (Å²) in [5.74, 6) is 1.13. The van der Waals surface area contributed by atoms with Gasteiger partial charge in [0.1, 0.15) is 16.9 Å². The summed E-state index contributed by atoms with van der Waals surface area (Å²) in [5, 5.41) is 6.00. The van der Waals surface area contributed by atoms with Crippen molar-refractivity contribution in [1.82, 2.24) is 5.32 Å². The first kappa shape index (κ1) is 18.5. The van der Waals surface area contributed by atoms with Crippen LogP contribution >= 0.6 is 0 Å². The van der Waals surface area contributed by atoms with Gasteiger partial charge >= 0.3 is 0 Å². The summed E-state index contributed by atoms with van der Waals surface area (Å²) >= 11 is 0. The Morgan fingerprint density at radius 1 is 0.821 bits per heavy atom. The SMILES string of the molecule is O=C(Nc1ccc(Oc2ccccc2)cc1)C1(C(=O)NC2CCCCC2)CC1. The highest BCUT2D eigenvalue weighted by atomic mass is 16.5. The third-order valence-corrected chi connectivity index (χ3v) is 5.65. The smallest absolute Gasteiger partial charge is 0.240 e. The van der Waals surface area contributed by atoms with Crippen molar-refractivity contribution < 1.29 is 14.3 Å². The Labute approximate surface area is 165 Å². The van der Waals surface area contributed by atoms with Crippen LogP contribution in [0.4, 0.5) is 5.69 Å². The molecule has 4 rings (SSSR count). The van der Waals surface area contributed by atoms with E-state index in [1.54, 1.807) is 12.1 Å². The van der Waals surface area contributed by atoms with Gasteiger partial charge in [-0.15, -0.1) is 0 Å². The van der Waals surface area contributed by atoms with Gasteiger partial charge in [-0.05, 0) is 62.1 Å². The van der Waals surface area contributed by atoms with Crippen molar-refractivity contribution >= 4 is 17.5 Å². The molecule has 0 bridgehead atoms. The first-order chi connectivity index (χ1) is 13.7. The van der Waals surface area contributed by atoms with Crippen LogP contribution in [-0.4, -0.2) is 17.9 Å². The zero-order chi connectivity index (χ0) is 19.4. The van der Waals surface area contributed by atoms with Crippen LogP contribution in [0.1, 0.15) is 44.9 Å². The highest BCUT2D eigenvalue weighted by molar-refractivity contribution is 6.13. The van der Waals surface area contributed by atoms with Crippen molar-refractivity contribution in [3.8, 4) is 11.5 Å². The number of carbonyl (C=O) groups excluding carboxylic acids is 2. The number of benzene rings is 2. The summed E-state index contributed by atoms with van der Waals surface area (Å²) in [5.41, 5.74) is -0.224. The molecule has 0 spiro atoms. The second-order valence-corrected chi connectivity index (χ2v) is 7.78. The Morgan fingerprint density at radius 3 is 2.11 bits per heavy atom. The lowest BCUT2D eigenvalue weighted by Crippen LogP contribution is -2.45. The van der Waals surface area contributed by atoms with Crippen LogP contribution in [0.25, 0.3) is 0 Å². The van der Waals surface area contributed by atoms with Crippen LogP contribution in [0.2, 0.25) is 0 Å². The summed E-state index contributed by atoms with van der Waals surface area (Å²) in [6.07, 6.45) is 6.82. The molecule has 2 amide bonds. The molecular formula is C23H26N2O3. The zero-order valence-corrected chi connectivity index (χ0v) is 15.9. The molecule has 0 radical (unpaired) electrons. The number of para-hydroxylation sites is 1. The van der Waals surface area contributed by atoms with E-state index < -0.39 is 5.41 Å². The van der Waals surface area contributed by atoms with Gasteiger partial charge in [0.15, 0.2) is 0 Å². The molecule has 0 aromatic heterocycles. The van der Waals surface area contributed by atoms with E-state index in [0.717, 1.165) is 31.4 Å². The first-order valence-corrected chi connectivity index (χ1v) is 10.1. The average Bonchev–Trinajstić information content (AvgIpc) is 3.53. The maximum absolute atomic E-state index is 12.8. The Balaban J connectivity index is 1.34. The lowest BCUT2D eigenvalue weighted by molar-refractivity contribution is -0.135. The van der Waals surface area contributed by atoms with Gasteiger partial charge in [0.05, 0.1) is 0 Å². The van der Waals surface area contributed by atoms with Gasteiger partial charge in [-0.2, -0.15) is 0 Å². The molecule has 146 valence electrons. The van der Waals surface area contributed by atoms with Crippen LogP contribution in [0, 0.1) is 5.41 Å². The van der Waals surface area contributed by atoms with Gasteiger partial charge in [0, 0.05) is 11.7 Å². The van der Waals surface area contributed by atoms with E-state index in [2.05, 4.69) is 10.6 Å². The maximum atomic E-state index is 12.8. The van der Waals surface area contributed by atoms with Crippen molar-refractivity contribution in [2.45, 2.75) is 51.0 Å². The molecule has 2 N–H and O–H groups in total. The maximum Gasteiger partial charge on any atom is 0.240 e. The molecule has 5 nitrogen and oxygen atoms in total. The lowest BCUT2D eigenvalue weighted by atomic mass is 9.94. The predicted molar refractivity (Wildman–Crippen MR) is 108 cm³/mol. The summed E-state index contributed by atoms with van der Waals surface area (Å²) < 4.78 is 5.76. The standard InChI is InChI=1S/C23H26N2O3/c26-21(24-17-7-3-1-4-8-17)23(15-16-23)22(27)25-18-11-13-20(14-12-18)28-19-9-5-2-6-10-19/h2,5-6,9-14,17H,1,3-4,7-8,15-16H2,(H,24,26)(H,25,27). The largest absolute Gasteiger partial charge is 0.457 e. The van der Waals surface area contributed by atoms with Gasteiger partial charge in [-0.3, -0.25) is 9.59 Å². The lowest BCUT2D eigenvalue weighted by Gasteiger charge is -2.25. The number of nitrogens with one attached hydrogen (secondary N) is 2. The molecule has 0 heterocycles. The molecule has 2 aromatic carbocycles.